The Morgan fingerprint density at radius 3 is 2.70 bits per heavy atom. The summed E-state index contributed by atoms with van der Waals surface area (Å²) in [6.45, 7) is 1.93. The van der Waals surface area contributed by atoms with Crippen LogP contribution in [0.1, 0.15) is 53.6 Å². The molecule has 164 valence electrons. The summed E-state index contributed by atoms with van der Waals surface area (Å²) in [7, 11) is 2.26. The Morgan fingerprint density at radius 1 is 1.33 bits per heavy atom. The maximum atomic E-state index is 12.2. The number of aromatic hydroxyl groups is 1. The third-order valence-electron chi connectivity index (χ3n) is 8.53. The average Bonchev–Trinajstić information content (AvgIpc) is 2.62. The van der Waals surface area contributed by atoms with Gasteiger partial charge in [-0.1, -0.05) is 18.6 Å². The quantitative estimate of drug-likeness (QED) is 0.309. The zero-order valence-corrected chi connectivity index (χ0v) is 18.9. The first kappa shape index (κ1) is 21.8. The monoisotopic (exact) mass is 478 g/mol. The first-order chi connectivity index (χ1) is 13.7. The molecule has 7 heteroatoms. The van der Waals surface area contributed by atoms with Crippen LogP contribution in [0.5, 0.6) is 5.75 Å². The molecule has 6 nitrogen and oxygen atoms in total. The minimum atomic E-state index is -1.18. The Hall–Kier alpha value is -1.41. The van der Waals surface area contributed by atoms with E-state index in [4.69, 9.17) is 5.73 Å². The van der Waals surface area contributed by atoms with Crippen molar-refractivity contribution in [3.63, 3.8) is 0 Å². The summed E-state index contributed by atoms with van der Waals surface area (Å²) in [5, 5.41) is 33.7. The molecule has 1 amide bonds. The summed E-state index contributed by atoms with van der Waals surface area (Å²) in [5.74, 6) is -0.0913. The number of nitrogens with two attached hydrogens (primary N) is 1. The van der Waals surface area contributed by atoms with Crippen LogP contribution >= 0.6 is 0 Å². The van der Waals surface area contributed by atoms with E-state index in [1.807, 2.05) is 6.07 Å². The number of aliphatic hydroxyl groups is 2. The number of halogens is 1. The van der Waals surface area contributed by atoms with Gasteiger partial charge in [-0.3, -0.25) is 4.79 Å². The molecule has 1 aliphatic heterocycles. The maximum absolute atomic E-state index is 12.2. The van der Waals surface area contributed by atoms with Crippen molar-refractivity contribution >= 4 is 5.91 Å². The minimum absolute atomic E-state index is 0. The van der Waals surface area contributed by atoms with Crippen LogP contribution in [-0.4, -0.2) is 63.6 Å². The van der Waals surface area contributed by atoms with E-state index in [0.29, 0.717) is 30.7 Å². The number of carbonyl (C=O) groups excluding carboxylic acids is 1. The highest BCUT2D eigenvalue weighted by atomic mass is 79.9. The van der Waals surface area contributed by atoms with E-state index >= 15 is 0 Å². The number of benzene rings is 1. The van der Waals surface area contributed by atoms with Gasteiger partial charge in [0.25, 0.3) is 5.91 Å². The lowest BCUT2D eigenvalue weighted by molar-refractivity contribution is -0.951. The molecule has 0 radical (unpaired) electrons. The molecular weight excluding hydrogens is 448 g/mol. The summed E-state index contributed by atoms with van der Waals surface area (Å²) in [6, 6.07) is 3.43. The molecule has 1 aromatic rings. The van der Waals surface area contributed by atoms with Gasteiger partial charge in [-0.15, -0.1) is 0 Å². The maximum Gasteiger partial charge on any atom is 0.252 e. The molecule has 5 N–H and O–H groups in total. The number of likely N-dealkylation sites (tertiary alicyclic amines) is 1. The van der Waals surface area contributed by atoms with Gasteiger partial charge >= 0.3 is 0 Å². The van der Waals surface area contributed by atoms with Gasteiger partial charge in [0.15, 0.2) is 0 Å². The van der Waals surface area contributed by atoms with Gasteiger partial charge in [-0.2, -0.15) is 0 Å². The summed E-state index contributed by atoms with van der Waals surface area (Å²) >= 11 is 0. The van der Waals surface area contributed by atoms with E-state index in [0.717, 1.165) is 23.1 Å². The van der Waals surface area contributed by atoms with E-state index in [-0.39, 0.29) is 34.3 Å². The van der Waals surface area contributed by atoms with Crippen molar-refractivity contribution in [2.75, 3.05) is 20.1 Å². The van der Waals surface area contributed by atoms with Gasteiger partial charge in [0, 0.05) is 29.7 Å². The number of fused-ring (bicyclic) bond motifs is 1. The average molecular weight is 479 g/mol. The van der Waals surface area contributed by atoms with Crippen LogP contribution < -0.4 is 22.7 Å². The van der Waals surface area contributed by atoms with Gasteiger partial charge in [-0.05, 0) is 37.0 Å². The molecule has 30 heavy (non-hydrogen) atoms. The summed E-state index contributed by atoms with van der Waals surface area (Å²) in [6.07, 6.45) is 8.21. The van der Waals surface area contributed by atoms with Crippen LogP contribution in [0.25, 0.3) is 0 Å². The zero-order chi connectivity index (χ0) is 20.6. The topological polar surface area (TPSA) is 104 Å². The highest BCUT2D eigenvalue weighted by molar-refractivity contribution is 5.96. The third-order valence-corrected chi connectivity index (χ3v) is 8.53. The van der Waals surface area contributed by atoms with E-state index < -0.39 is 23.0 Å². The lowest BCUT2D eigenvalue weighted by atomic mass is 9.50. The number of phenols is 1. The van der Waals surface area contributed by atoms with E-state index in [9.17, 15) is 20.1 Å². The molecule has 5 atom stereocenters. The second-order valence-corrected chi connectivity index (χ2v) is 10.1. The number of carbonyl (C=O) groups is 1. The molecule has 5 rings (SSSR count). The van der Waals surface area contributed by atoms with Crippen LogP contribution in [-0.2, 0) is 11.8 Å². The fraction of sp³-hybridized carbons (Fsp3) is 0.609. The fourth-order valence-corrected chi connectivity index (χ4v) is 6.85. The number of piperidine rings is 1. The second-order valence-electron chi connectivity index (χ2n) is 10.1. The molecule has 4 aliphatic rings. The molecule has 0 spiro atoms. The number of amides is 1. The highest BCUT2D eigenvalue weighted by Crippen LogP contribution is 2.60. The number of hydrogen-bond acceptors (Lipinski definition) is 4. The molecule has 0 aromatic heterocycles. The van der Waals surface area contributed by atoms with E-state index in [1.165, 1.54) is 19.3 Å². The van der Waals surface area contributed by atoms with E-state index in [1.54, 1.807) is 18.2 Å². The summed E-state index contributed by atoms with van der Waals surface area (Å²) in [5.41, 5.74) is 5.16. The summed E-state index contributed by atoms with van der Waals surface area (Å²) < 4.78 is 0.807. The molecule has 2 bridgehead atoms. The number of rotatable bonds is 3. The Morgan fingerprint density at radius 2 is 2.07 bits per heavy atom. The molecule has 1 saturated heterocycles. The van der Waals surface area contributed by atoms with Crippen molar-refractivity contribution in [1.29, 1.82) is 0 Å². The normalized spacial score (nSPS) is 39.3. The van der Waals surface area contributed by atoms with Crippen molar-refractivity contribution < 1.29 is 41.6 Å². The zero-order valence-electron chi connectivity index (χ0n) is 17.4. The lowest BCUT2D eigenvalue weighted by Gasteiger charge is -2.65. The van der Waals surface area contributed by atoms with Crippen molar-refractivity contribution in [2.24, 2.45) is 11.7 Å². The van der Waals surface area contributed by atoms with Crippen LogP contribution in [0.2, 0.25) is 0 Å². The Kier molecular flexibility index (Phi) is 5.13. The Bertz CT molecular complexity index is 917. The van der Waals surface area contributed by atoms with Crippen molar-refractivity contribution in [1.82, 2.24) is 0 Å². The summed E-state index contributed by atoms with van der Waals surface area (Å²) in [4.78, 5) is 11.9. The number of aliphatic hydroxyl groups excluding tert-OH is 1. The van der Waals surface area contributed by atoms with Crippen LogP contribution in [0.3, 0.4) is 0 Å². The van der Waals surface area contributed by atoms with Gasteiger partial charge in [0.1, 0.15) is 17.4 Å². The number of hydrogen-bond donors (Lipinski definition) is 4. The Labute approximate surface area is 187 Å². The molecule has 2 unspecified atom stereocenters. The molecule has 1 saturated carbocycles. The minimum Gasteiger partial charge on any atom is -1.00 e. The first-order valence-electron chi connectivity index (χ1n) is 10.8. The van der Waals surface area contributed by atoms with Crippen LogP contribution in [0, 0.1) is 5.92 Å². The second kappa shape index (κ2) is 7.05. The molecule has 1 aromatic carbocycles. The molecule has 2 fully saturated rings. The highest BCUT2D eigenvalue weighted by Gasteiger charge is 2.69. The Balaban J connectivity index is 0.00000218. The van der Waals surface area contributed by atoms with Crippen molar-refractivity contribution in [2.45, 2.75) is 61.7 Å². The molecule has 3 aliphatic carbocycles. The fourth-order valence-electron chi connectivity index (χ4n) is 6.85. The number of likely N-dealkylation sites (N-methyl/N-ethyl adjacent to an activating group) is 1. The van der Waals surface area contributed by atoms with Crippen molar-refractivity contribution in [3.05, 3.63) is 41.0 Å². The largest absolute Gasteiger partial charge is 1.00 e. The van der Waals surface area contributed by atoms with Gasteiger partial charge < -0.3 is 42.5 Å². The van der Waals surface area contributed by atoms with Gasteiger partial charge in [0.2, 0.25) is 0 Å². The van der Waals surface area contributed by atoms with Gasteiger partial charge in [0.05, 0.1) is 31.8 Å². The smallest absolute Gasteiger partial charge is 0.252 e. The lowest BCUT2D eigenvalue weighted by Crippen LogP contribution is -3.00. The van der Waals surface area contributed by atoms with E-state index in [2.05, 4.69) is 7.05 Å². The molecule has 1 heterocycles. The number of nitrogens with zero attached hydrogens (tertiary/aromatic N) is 1. The van der Waals surface area contributed by atoms with Crippen LogP contribution in [0.15, 0.2) is 24.3 Å². The first-order valence-corrected chi connectivity index (χ1v) is 10.8. The number of quaternary nitrogens is 1. The molecular formula is C23H31BrN2O4. The van der Waals surface area contributed by atoms with Crippen molar-refractivity contribution in [3.8, 4) is 5.75 Å². The third kappa shape index (κ3) is 2.75. The number of primary amides is 1. The predicted octanol–water partition coefficient (Wildman–Crippen LogP) is -1.64. The predicted molar refractivity (Wildman–Crippen MR) is 108 cm³/mol. The SMILES string of the molecule is C[N@@+]1(CC2CCC2)CCC23C[C@@H](O)C=C[C@@]2(O)C1Cc1ccc(C(N)=O)c(O)c13.[Br-]. The van der Waals surface area contributed by atoms with Gasteiger partial charge in [-0.25, -0.2) is 0 Å². The van der Waals surface area contributed by atoms with Crippen LogP contribution in [0.4, 0.5) is 0 Å². The standard InChI is InChI=1S/C23H30N2O4.BrH/c1-25(13-14-3-2-4-14)10-9-22-12-16(26)7-8-23(22,29)18(25)11-15-5-6-17(21(24)28)20(27)19(15)22;/h5-8,14,16,18,26,29H,2-4,9-13H2,1H3,(H2-,24,27,28);1H/t16-,18?,22?,23+,25-;/m0./s1.